The van der Waals surface area contributed by atoms with E-state index in [1.165, 1.54) is 23.1 Å². The number of hydrogen-bond acceptors (Lipinski definition) is 8. The van der Waals surface area contributed by atoms with Gasteiger partial charge in [0.2, 0.25) is 16.9 Å². The number of benzene rings is 1. The lowest BCUT2D eigenvalue weighted by Crippen LogP contribution is -2.50. The van der Waals surface area contributed by atoms with E-state index in [4.69, 9.17) is 0 Å². The SMILES string of the molecule is CCCNc1nnc(SCC(=O)N2CCN(CC(=O)Nc3ccccc3CC)CC2)s1. The summed E-state index contributed by atoms with van der Waals surface area (Å²) in [4.78, 5) is 28.9. The van der Waals surface area contributed by atoms with Gasteiger partial charge in [-0.2, -0.15) is 0 Å². The molecule has 8 nitrogen and oxygen atoms in total. The van der Waals surface area contributed by atoms with Crippen molar-refractivity contribution in [2.75, 3.05) is 55.7 Å². The third kappa shape index (κ3) is 7.19. The van der Waals surface area contributed by atoms with Crippen molar-refractivity contribution < 1.29 is 9.59 Å². The highest BCUT2D eigenvalue weighted by atomic mass is 32.2. The van der Waals surface area contributed by atoms with E-state index in [9.17, 15) is 9.59 Å². The van der Waals surface area contributed by atoms with Crippen molar-refractivity contribution in [1.29, 1.82) is 0 Å². The van der Waals surface area contributed by atoms with Crippen LogP contribution >= 0.6 is 23.1 Å². The predicted molar refractivity (Wildman–Crippen MR) is 127 cm³/mol. The Balaban J connectivity index is 1.38. The topological polar surface area (TPSA) is 90.5 Å². The number of carbonyl (C=O) groups excluding carboxylic acids is 2. The lowest BCUT2D eigenvalue weighted by Gasteiger charge is -2.34. The Labute approximate surface area is 191 Å². The number of thioether (sulfide) groups is 1. The highest BCUT2D eigenvalue weighted by Crippen LogP contribution is 2.25. The highest BCUT2D eigenvalue weighted by molar-refractivity contribution is 8.01. The summed E-state index contributed by atoms with van der Waals surface area (Å²) in [7, 11) is 0. The molecule has 1 aromatic carbocycles. The molecule has 1 fully saturated rings. The minimum atomic E-state index is -0.0139. The van der Waals surface area contributed by atoms with Gasteiger partial charge in [-0.25, -0.2) is 0 Å². The zero-order chi connectivity index (χ0) is 22.1. The lowest BCUT2D eigenvalue weighted by molar-refractivity contribution is -0.130. The second-order valence-corrected chi connectivity index (χ2v) is 9.50. The molecule has 0 unspecified atom stereocenters. The molecule has 0 saturated carbocycles. The van der Waals surface area contributed by atoms with Crippen LogP contribution in [0.25, 0.3) is 0 Å². The number of carbonyl (C=O) groups is 2. The molecule has 168 valence electrons. The summed E-state index contributed by atoms with van der Waals surface area (Å²) in [5.41, 5.74) is 2.01. The summed E-state index contributed by atoms with van der Waals surface area (Å²) in [6.45, 7) is 8.05. The number of nitrogens with zero attached hydrogens (tertiary/aromatic N) is 4. The van der Waals surface area contributed by atoms with Crippen molar-refractivity contribution in [2.45, 2.75) is 31.0 Å². The molecule has 2 N–H and O–H groups in total. The van der Waals surface area contributed by atoms with Crippen LogP contribution in [0.5, 0.6) is 0 Å². The molecule has 0 bridgehead atoms. The molecule has 2 heterocycles. The molecule has 0 atom stereocenters. The summed E-state index contributed by atoms with van der Waals surface area (Å²) in [5, 5.41) is 15.2. The molecule has 0 radical (unpaired) electrons. The molecule has 1 aromatic heterocycles. The molecule has 0 aliphatic carbocycles. The number of rotatable bonds is 10. The minimum absolute atomic E-state index is 0.0139. The normalized spacial score (nSPS) is 14.5. The van der Waals surface area contributed by atoms with Gasteiger partial charge < -0.3 is 15.5 Å². The molecule has 3 rings (SSSR count). The van der Waals surface area contributed by atoms with Crippen LogP contribution in [0.3, 0.4) is 0 Å². The fourth-order valence-electron chi connectivity index (χ4n) is 3.28. The zero-order valence-corrected chi connectivity index (χ0v) is 19.7. The summed E-state index contributed by atoms with van der Waals surface area (Å²) >= 11 is 2.91. The van der Waals surface area contributed by atoms with Crippen molar-refractivity contribution in [2.24, 2.45) is 0 Å². The van der Waals surface area contributed by atoms with Gasteiger partial charge in [-0.15, -0.1) is 10.2 Å². The quantitative estimate of drug-likeness (QED) is 0.525. The van der Waals surface area contributed by atoms with Crippen molar-refractivity contribution in [3.63, 3.8) is 0 Å². The number of aromatic nitrogens is 2. The summed E-state index contributed by atoms with van der Waals surface area (Å²) in [5.74, 6) is 0.445. The van der Waals surface area contributed by atoms with Crippen LogP contribution in [-0.2, 0) is 16.0 Å². The average Bonchev–Trinajstić information content (AvgIpc) is 3.24. The Morgan fingerprint density at radius 2 is 1.90 bits per heavy atom. The van der Waals surface area contributed by atoms with E-state index in [2.05, 4.69) is 39.6 Å². The minimum Gasteiger partial charge on any atom is -0.360 e. The molecule has 1 aliphatic heterocycles. The van der Waals surface area contributed by atoms with E-state index < -0.39 is 0 Å². The Hall–Kier alpha value is -2.17. The van der Waals surface area contributed by atoms with Crippen LogP contribution in [0.15, 0.2) is 28.6 Å². The Morgan fingerprint density at radius 3 is 2.65 bits per heavy atom. The Bertz CT molecular complexity index is 867. The first-order chi connectivity index (χ1) is 15.1. The van der Waals surface area contributed by atoms with Gasteiger partial charge in [0.25, 0.3) is 0 Å². The molecule has 2 aromatic rings. The number of para-hydroxylation sites is 1. The lowest BCUT2D eigenvalue weighted by atomic mass is 10.1. The number of piperazine rings is 1. The van der Waals surface area contributed by atoms with Crippen LogP contribution in [0.4, 0.5) is 10.8 Å². The number of aryl methyl sites for hydroxylation is 1. The maximum absolute atomic E-state index is 12.5. The van der Waals surface area contributed by atoms with Gasteiger partial charge >= 0.3 is 0 Å². The smallest absolute Gasteiger partial charge is 0.238 e. The monoisotopic (exact) mass is 462 g/mol. The largest absolute Gasteiger partial charge is 0.360 e. The Morgan fingerprint density at radius 1 is 1.13 bits per heavy atom. The van der Waals surface area contributed by atoms with Gasteiger partial charge in [0.15, 0.2) is 4.34 Å². The standard InChI is InChI=1S/C21H30N6O2S2/c1-3-9-22-20-24-25-21(31-20)30-15-19(29)27-12-10-26(11-13-27)14-18(28)23-17-8-6-5-7-16(17)4-2/h5-8H,3-4,9-15H2,1-2H3,(H,22,24)(H,23,28). The van der Waals surface area contributed by atoms with E-state index in [-0.39, 0.29) is 11.8 Å². The number of hydrogen-bond donors (Lipinski definition) is 2. The van der Waals surface area contributed by atoms with Crippen molar-refractivity contribution in [3.05, 3.63) is 29.8 Å². The van der Waals surface area contributed by atoms with E-state index in [1.807, 2.05) is 29.2 Å². The van der Waals surface area contributed by atoms with Gasteiger partial charge in [0.1, 0.15) is 0 Å². The van der Waals surface area contributed by atoms with Crippen LogP contribution in [0, 0.1) is 0 Å². The van der Waals surface area contributed by atoms with E-state index in [0.717, 1.165) is 40.1 Å². The van der Waals surface area contributed by atoms with E-state index in [1.54, 1.807) is 0 Å². The van der Waals surface area contributed by atoms with E-state index >= 15 is 0 Å². The molecular formula is C21H30N6O2S2. The zero-order valence-electron chi connectivity index (χ0n) is 18.1. The second kappa shape index (κ2) is 12.0. The van der Waals surface area contributed by atoms with Gasteiger partial charge in [-0.05, 0) is 24.5 Å². The summed E-state index contributed by atoms with van der Waals surface area (Å²) in [6.07, 6.45) is 1.91. The molecular weight excluding hydrogens is 432 g/mol. The first-order valence-electron chi connectivity index (χ1n) is 10.7. The molecule has 31 heavy (non-hydrogen) atoms. The average molecular weight is 463 g/mol. The molecule has 2 amide bonds. The number of nitrogens with one attached hydrogen (secondary N) is 2. The Kier molecular flexibility index (Phi) is 9.11. The first-order valence-corrected chi connectivity index (χ1v) is 12.5. The number of anilines is 2. The van der Waals surface area contributed by atoms with Crippen molar-refractivity contribution >= 4 is 45.7 Å². The highest BCUT2D eigenvalue weighted by Gasteiger charge is 2.23. The molecule has 0 spiro atoms. The van der Waals surface area contributed by atoms with Gasteiger partial charge in [0.05, 0.1) is 12.3 Å². The second-order valence-electron chi connectivity index (χ2n) is 7.30. The first kappa shape index (κ1) is 23.5. The maximum atomic E-state index is 12.5. The van der Waals surface area contributed by atoms with Crippen LogP contribution < -0.4 is 10.6 Å². The van der Waals surface area contributed by atoms with Crippen LogP contribution in [-0.4, -0.2) is 76.8 Å². The van der Waals surface area contributed by atoms with Gasteiger partial charge in [0, 0.05) is 38.4 Å². The summed E-state index contributed by atoms with van der Waals surface area (Å²) < 4.78 is 0.801. The number of amides is 2. The van der Waals surface area contributed by atoms with Crippen molar-refractivity contribution in [1.82, 2.24) is 20.0 Å². The van der Waals surface area contributed by atoms with Gasteiger partial charge in [-0.3, -0.25) is 14.5 Å². The fourth-order valence-corrected chi connectivity index (χ4v) is 4.97. The fraction of sp³-hybridized carbons (Fsp3) is 0.524. The predicted octanol–water partition coefficient (Wildman–Crippen LogP) is 2.80. The van der Waals surface area contributed by atoms with Crippen molar-refractivity contribution in [3.8, 4) is 0 Å². The third-order valence-corrected chi connectivity index (χ3v) is 7.02. The van der Waals surface area contributed by atoms with Gasteiger partial charge in [-0.1, -0.05) is 55.1 Å². The molecule has 10 heteroatoms. The maximum Gasteiger partial charge on any atom is 0.238 e. The summed E-state index contributed by atoms with van der Waals surface area (Å²) in [6, 6.07) is 7.88. The van der Waals surface area contributed by atoms with E-state index in [0.29, 0.717) is 38.5 Å². The third-order valence-electron chi connectivity index (χ3n) is 5.02. The van der Waals surface area contributed by atoms with Crippen LogP contribution in [0.1, 0.15) is 25.8 Å². The molecule has 1 aliphatic rings. The van der Waals surface area contributed by atoms with Crippen LogP contribution in [0.2, 0.25) is 0 Å². The molecule has 1 saturated heterocycles.